The summed E-state index contributed by atoms with van der Waals surface area (Å²) < 4.78 is 11.0. The molecule has 2 rings (SSSR count). The van der Waals surface area contributed by atoms with Crippen molar-refractivity contribution in [3.8, 4) is 11.5 Å². The van der Waals surface area contributed by atoms with Gasteiger partial charge in [-0.25, -0.2) is 4.98 Å². The number of ether oxygens (including phenoxy) is 2. The minimum atomic E-state index is 0.470. The van der Waals surface area contributed by atoms with Crippen molar-refractivity contribution in [1.82, 2.24) is 4.98 Å². The van der Waals surface area contributed by atoms with E-state index in [1.807, 2.05) is 37.3 Å². The molecule has 0 aliphatic carbocycles. The van der Waals surface area contributed by atoms with Gasteiger partial charge in [-0.2, -0.15) is 0 Å². The van der Waals surface area contributed by atoms with Gasteiger partial charge in [0.15, 0.2) is 0 Å². The van der Waals surface area contributed by atoms with Crippen molar-refractivity contribution < 1.29 is 9.47 Å². The van der Waals surface area contributed by atoms with Gasteiger partial charge in [-0.15, -0.1) is 0 Å². The summed E-state index contributed by atoms with van der Waals surface area (Å²) in [6.45, 7) is 3.09. The fourth-order valence-electron chi connectivity index (χ4n) is 1.46. The molecule has 94 valence electrons. The van der Waals surface area contributed by atoms with Gasteiger partial charge in [-0.3, -0.25) is 0 Å². The van der Waals surface area contributed by atoms with Crippen LogP contribution in [0.3, 0.4) is 0 Å². The molecule has 2 aromatic rings. The topological polar surface area (TPSA) is 31.4 Å². The molecular weight excluding hydrogens is 250 g/mol. The summed E-state index contributed by atoms with van der Waals surface area (Å²) in [6.07, 6.45) is 1.71. The summed E-state index contributed by atoms with van der Waals surface area (Å²) in [5.41, 5.74) is 0.980. The quantitative estimate of drug-likeness (QED) is 0.771. The molecular formula is C14H14ClNO2. The average molecular weight is 264 g/mol. The highest BCUT2D eigenvalue weighted by Crippen LogP contribution is 2.18. The minimum Gasteiger partial charge on any atom is -0.494 e. The number of benzene rings is 1. The van der Waals surface area contributed by atoms with E-state index in [0.717, 1.165) is 17.1 Å². The van der Waals surface area contributed by atoms with Gasteiger partial charge in [0.05, 0.1) is 6.61 Å². The molecule has 18 heavy (non-hydrogen) atoms. The van der Waals surface area contributed by atoms with Crippen LogP contribution in [0.5, 0.6) is 11.5 Å². The summed E-state index contributed by atoms with van der Waals surface area (Å²) in [5.74, 6) is 1.64. The van der Waals surface area contributed by atoms with E-state index in [4.69, 9.17) is 21.1 Å². The predicted octanol–water partition coefficient (Wildman–Crippen LogP) is 3.71. The molecule has 3 nitrogen and oxygen atoms in total. The van der Waals surface area contributed by atoms with Crippen LogP contribution in [0.1, 0.15) is 12.5 Å². The Morgan fingerprint density at radius 2 is 1.67 bits per heavy atom. The number of hydrogen-bond acceptors (Lipinski definition) is 3. The summed E-state index contributed by atoms with van der Waals surface area (Å²) in [4.78, 5) is 4.00. The van der Waals surface area contributed by atoms with Gasteiger partial charge in [0.2, 0.25) is 0 Å². The molecule has 1 aromatic heterocycles. The van der Waals surface area contributed by atoms with Crippen LogP contribution in [0.25, 0.3) is 0 Å². The second-order valence-electron chi connectivity index (χ2n) is 3.68. The van der Waals surface area contributed by atoms with Crippen LogP contribution in [-0.2, 0) is 6.61 Å². The molecule has 0 aliphatic rings. The first kappa shape index (κ1) is 12.7. The largest absolute Gasteiger partial charge is 0.494 e. The van der Waals surface area contributed by atoms with Gasteiger partial charge in [0, 0.05) is 11.8 Å². The zero-order chi connectivity index (χ0) is 12.8. The zero-order valence-corrected chi connectivity index (χ0v) is 10.9. The maximum Gasteiger partial charge on any atom is 0.129 e. The highest BCUT2D eigenvalue weighted by molar-refractivity contribution is 6.29. The van der Waals surface area contributed by atoms with Crippen LogP contribution in [0.2, 0.25) is 5.15 Å². The Bertz CT molecular complexity index is 482. The molecule has 0 radical (unpaired) electrons. The smallest absolute Gasteiger partial charge is 0.129 e. The lowest BCUT2D eigenvalue weighted by atomic mass is 10.3. The highest BCUT2D eigenvalue weighted by atomic mass is 35.5. The number of hydrogen-bond donors (Lipinski definition) is 0. The van der Waals surface area contributed by atoms with E-state index in [9.17, 15) is 0 Å². The molecule has 0 saturated carbocycles. The average Bonchev–Trinajstić information content (AvgIpc) is 2.40. The third-order valence-electron chi connectivity index (χ3n) is 2.33. The maximum absolute atomic E-state index is 5.71. The molecule has 1 aromatic carbocycles. The van der Waals surface area contributed by atoms with Crippen molar-refractivity contribution in [2.45, 2.75) is 13.5 Å². The third-order valence-corrected chi connectivity index (χ3v) is 2.55. The lowest BCUT2D eigenvalue weighted by Gasteiger charge is -2.07. The van der Waals surface area contributed by atoms with Crippen LogP contribution in [0, 0.1) is 0 Å². The fraction of sp³-hybridized carbons (Fsp3) is 0.214. The number of pyridine rings is 1. The van der Waals surface area contributed by atoms with E-state index in [1.165, 1.54) is 0 Å². The second kappa shape index (κ2) is 6.26. The van der Waals surface area contributed by atoms with E-state index in [0.29, 0.717) is 18.4 Å². The summed E-state index contributed by atoms with van der Waals surface area (Å²) in [5, 5.41) is 0.486. The molecule has 0 aliphatic heterocycles. The number of halogens is 1. The normalized spacial score (nSPS) is 10.1. The molecule has 0 atom stereocenters. The number of aromatic nitrogens is 1. The predicted molar refractivity (Wildman–Crippen MR) is 71.2 cm³/mol. The number of nitrogens with zero attached hydrogens (tertiary/aromatic N) is 1. The van der Waals surface area contributed by atoms with Crippen molar-refractivity contribution in [2.24, 2.45) is 0 Å². The molecule has 0 saturated heterocycles. The SMILES string of the molecule is CCOc1ccc(OCc2ccc(Cl)nc2)cc1. The Morgan fingerprint density at radius 3 is 2.22 bits per heavy atom. The Morgan fingerprint density at radius 1 is 1.00 bits per heavy atom. The van der Waals surface area contributed by atoms with Crippen molar-refractivity contribution in [1.29, 1.82) is 0 Å². The van der Waals surface area contributed by atoms with Crippen LogP contribution in [-0.4, -0.2) is 11.6 Å². The molecule has 0 bridgehead atoms. The molecule has 0 spiro atoms. The second-order valence-corrected chi connectivity index (χ2v) is 4.07. The van der Waals surface area contributed by atoms with Gasteiger partial charge in [0.25, 0.3) is 0 Å². The Balaban J connectivity index is 1.91. The minimum absolute atomic E-state index is 0.470. The Labute approximate surface area is 111 Å². The Hall–Kier alpha value is -1.74. The first-order valence-corrected chi connectivity index (χ1v) is 6.12. The van der Waals surface area contributed by atoms with Gasteiger partial charge in [-0.1, -0.05) is 17.7 Å². The van der Waals surface area contributed by atoms with Gasteiger partial charge in [0.1, 0.15) is 23.3 Å². The molecule has 1 heterocycles. The Kier molecular flexibility index (Phi) is 4.42. The van der Waals surface area contributed by atoms with Crippen LogP contribution in [0.15, 0.2) is 42.6 Å². The van der Waals surface area contributed by atoms with E-state index in [1.54, 1.807) is 12.3 Å². The molecule has 0 fully saturated rings. The molecule has 0 N–H and O–H groups in total. The standard InChI is InChI=1S/C14H14ClNO2/c1-2-17-12-4-6-13(7-5-12)18-10-11-3-8-14(15)16-9-11/h3-9H,2,10H2,1H3. The first-order chi connectivity index (χ1) is 8.78. The summed E-state index contributed by atoms with van der Waals surface area (Å²) in [6, 6.07) is 11.2. The van der Waals surface area contributed by atoms with Crippen LogP contribution in [0.4, 0.5) is 0 Å². The van der Waals surface area contributed by atoms with Crippen LogP contribution >= 0.6 is 11.6 Å². The van der Waals surface area contributed by atoms with Crippen molar-refractivity contribution in [3.05, 3.63) is 53.3 Å². The van der Waals surface area contributed by atoms with E-state index in [2.05, 4.69) is 4.98 Å². The van der Waals surface area contributed by atoms with E-state index < -0.39 is 0 Å². The van der Waals surface area contributed by atoms with Crippen molar-refractivity contribution in [2.75, 3.05) is 6.61 Å². The molecule has 0 amide bonds. The van der Waals surface area contributed by atoms with E-state index in [-0.39, 0.29) is 0 Å². The summed E-state index contributed by atoms with van der Waals surface area (Å²) >= 11 is 5.71. The van der Waals surface area contributed by atoms with Gasteiger partial charge < -0.3 is 9.47 Å². The first-order valence-electron chi connectivity index (χ1n) is 5.74. The lowest BCUT2D eigenvalue weighted by molar-refractivity contribution is 0.303. The lowest BCUT2D eigenvalue weighted by Crippen LogP contribution is -1.96. The fourth-order valence-corrected chi connectivity index (χ4v) is 1.57. The third kappa shape index (κ3) is 3.64. The van der Waals surface area contributed by atoms with Crippen molar-refractivity contribution >= 4 is 11.6 Å². The molecule has 0 unspecified atom stereocenters. The summed E-state index contributed by atoms with van der Waals surface area (Å²) in [7, 11) is 0. The number of rotatable bonds is 5. The van der Waals surface area contributed by atoms with Gasteiger partial charge >= 0.3 is 0 Å². The highest BCUT2D eigenvalue weighted by Gasteiger charge is 1.98. The van der Waals surface area contributed by atoms with Gasteiger partial charge in [-0.05, 0) is 37.3 Å². The molecule has 4 heteroatoms. The monoisotopic (exact) mass is 263 g/mol. The van der Waals surface area contributed by atoms with Crippen molar-refractivity contribution in [3.63, 3.8) is 0 Å². The zero-order valence-electron chi connectivity index (χ0n) is 10.1. The van der Waals surface area contributed by atoms with E-state index >= 15 is 0 Å². The maximum atomic E-state index is 5.71. The van der Waals surface area contributed by atoms with Crippen LogP contribution < -0.4 is 9.47 Å².